The monoisotopic (exact) mass is 216 g/mol. The molecule has 0 saturated carbocycles. The Kier molecular flexibility index (Phi) is 7.34. The molecular weight excluding hydrogens is 192 g/mol. The maximum absolute atomic E-state index is 11.1. The van der Waals surface area contributed by atoms with Gasteiger partial charge >= 0.3 is 0 Å². The number of amides is 1. The molecular formula is C11H24N2O2. The summed E-state index contributed by atoms with van der Waals surface area (Å²) in [6, 6.07) is 0. The second kappa shape index (κ2) is 7.65. The van der Waals surface area contributed by atoms with Crippen LogP contribution in [0.2, 0.25) is 0 Å². The summed E-state index contributed by atoms with van der Waals surface area (Å²) in [5.74, 6) is -0.331. The van der Waals surface area contributed by atoms with E-state index in [0.29, 0.717) is 13.0 Å². The lowest BCUT2D eigenvalue weighted by Gasteiger charge is -2.25. The predicted molar refractivity (Wildman–Crippen MR) is 61.6 cm³/mol. The Labute approximate surface area is 92.6 Å². The molecule has 0 radical (unpaired) electrons. The van der Waals surface area contributed by atoms with Crippen molar-refractivity contribution >= 4 is 5.91 Å². The average molecular weight is 216 g/mol. The van der Waals surface area contributed by atoms with Crippen molar-refractivity contribution in [3.8, 4) is 0 Å². The first-order chi connectivity index (χ1) is 7.06. The molecule has 0 aliphatic heterocycles. The Bertz CT molecular complexity index is 185. The molecule has 0 spiro atoms. The molecule has 0 fully saturated rings. The third kappa shape index (κ3) is 5.74. The van der Waals surface area contributed by atoms with Crippen LogP contribution in [-0.4, -0.2) is 31.7 Å². The van der Waals surface area contributed by atoms with Crippen molar-refractivity contribution in [1.29, 1.82) is 0 Å². The molecule has 4 nitrogen and oxygen atoms in total. The van der Waals surface area contributed by atoms with Gasteiger partial charge in [-0.15, -0.1) is 0 Å². The van der Waals surface area contributed by atoms with Crippen molar-refractivity contribution in [1.82, 2.24) is 5.32 Å². The molecule has 0 rings (SSSR count). The Morgan fingerprint density at radius 2 is 2.07 bits per heavy atom. The third-order valence-corrected chi connectivity index (χ3v) is 2.73. The highest BCUT2D eigenvalue weighted by Gasteiger charge is 2.28. The largest absolute Gasteiger partial charge is 0.381 e. The van der Waals surface area contributed by atoms with Crippen LogP contribution in [0.3, 0.4) is 0 Å². The summed E-state index contributed by atoms with van der Waals surface area (Å²) in [5.41, 5.74) is 4.64. The predicted octanol–water partition coefficient (Wildman–Crippen LogP) is 1.05. The van der Waals surface area contributed by atoms with Crippen LogP contribution in [0.25, 0.3) is 0 Å². The van der Waals surface area contributed by atoms with E-state index in [2.05, 4.69) is 12.2 Å². The zero-order valence-electron chi connectivity index (χ0n) is 10.1. The van der Waals surface area contributed by atoms with E-state index >= 15 is 0 Å². The average Bonchev–Trinajstić information content (AvgIpc) is 2.22. The standard InChI is InChI=1S/C11H24N2O2/c1-4-5-6-8-15-9-7-11(2,13-3)10(12)14/h13H,4-9H2,1-3H3,(H2,12,14). The first-order valence-corrected chi connectivity index (χ1v) is 5.63. The van der Waals surface area contributed by atoms with Gasteiger partial charge in [-0.1, -0.05) is 19.8 Å². The fourth-order valence-electron chi connectivity index (χ4n) is 1.20. The second-order valence-electron chi connectivity index (χ2n) is 4.02. The number of rotatable bonds is 9. The number of ether oxygens (including phenoxy) is 1. The van der Waals surface area contributed by atoms with Crippen molar-refractivity contribution < 1.29 is 9.53 Å². The molecule has 0 aliphatic carbocycles. The number of hydrogen-bond acceptors (Lipinski definition) is 3. The van der Waals surface area contributed by atoms with Crippen molar-refractivity contribution in [2.45, 2.75) is 45.1 Å². The fourth-order valence-corrected chi connectivity index (χ4v) is 1.20. The van der Waals surface area contributed by atoms with Crippen LogP contribution >= 0.6 is 0 Å². The Morgan fingerprint density at radius 1 is 1.40 bits per heavy atom. The highest BCUT2D eigenvalue weighted by Crippen LogP contribution is 2.08. The lowest BCUT2D eigenvalue weighted by atomic mass is 9.98. The van der Waals surface area contributed by atoms with E-state index in [1.54, 1.807) is 14.0 Å². The number of likely N-dealkylation sites (N-methyl/N-ethyl adjacent to an activating group) is 1. The van der Waals surface area contributed by atoms with E-state index in [4.69, 9.17) is 10.5 Å². The summed E-state index contributed by atoms with van der Waals surface area (Å²) in [5, 5.41) is 2.93. The van der Waals surface area contributed by atoms with Gasteiger partial charge < -0.3 is 15.8 Å². The van der Waals surface area contributed by atoms with Crippen molar-refractivity contribution in [3.63, 3.8) is 0 Å². The summed E-state index contributed by atoms with van der Waals surface area (Å²) in [6.07, 6.45) is 4.09. The van der Waals surface area contributed by atoms with Gasteiger partial charge in [0.15, 0.2) is 0 Å². The number of primary amides is 1. The quantitative estimate of drug-likeness (QED) is 0.566. The molecule has 4 heteroatoms. The van der Waals surface area contributed by atoms with E-state index in [9.17, 15) is 4.79 Å². The molecule has 0 aromatic carbocycles. The van der Waals surface area contributed by atoms with Crippen LogP contribution in [0.5, 0.6) is 0 Å². The van der Waals surface area contributed by atoms with Gasteiger partial charge in [0.1, 0.15) is 0 Å². The van der Waals surface area contributed by atoms with Gasteiger partial charge in [0.05, 0.1) is 5.54 Å². The molecule has 0 aliphatic rings. The molecule has 15 heavy (non-hydrogen) atoms. The van der Waals surface area contributed by atoms with E-state index < -0.39 is 5.54 Å². The molecule has 0 aromatic rings. The summed E-state index contributed by atoms with van der Waals surface area (Å²) in [7, 11) is 1.74. The van der Waals surface area contributed by atoms with E-state index in [-0.39, 0.29) is 5.91 Å². The van der Waals surface area contributed by atoms with Crippen LogP contribution in [0.1, 0.15) is 39.5 Å². The Hall–Kier alpha value is -0.610. The van der Waals surface area contributed by atoms with Gasteiger partial charge in [0.2, 0.25) is 5.91 Å². The Morgan fingerprint density at radius 3 is 2.53 bits per heavy atom. The number of unbranched alkanes of at least 4 members (excludes halogenated alkanes) is 2. The smallest absolute Gasteiger partial charge is 0.237 e. The fraction of sp³-hybridized carbons (Fsp3) is 0.909. The highest BCUT2D eigenvalue weighted by atomic mass is 16.5. The lowest BCUT2D eigenvalue weighted by Crippen LogP contribution is -2.52. The summed E-state index contributed by atoms with van der Waals surface area (Å²) in [6.45, 7) is 5.30. The highest BCUT2D eigenvalue weighted by molar-refractivity contribution is 5.84. The molecule has 1 amide bonds. The van der Waals surface area contributed by atoms with E-state index in [0.717, 1.165) is 13.0 Å². The molecule has 3 N–H and O–H groups in total. The number of nitrogens with one attached hydrogen (secondary N) is 1. The SMILES string of the molecule is CCCCCOCCC(C)(NC)C(N)=O. The first kappa shape index (κ1) is 14.4. The zero-order chi connectivity index (χ0) is 11.7. The van der Waals surface area contributed by atoms with Gasteiger partial charge in [0.25, 0.3) is 0 Å². The minimum atomic E-state index is -0.648. The van der Waals surface area contributed by atoms with Crippen molar-refractivity contribution in [3.05, 3.63) is 0 Å². The number of hydrogen-bond donors (Lipinski definition) is 2. The number of carbonyl (C=O) groups excluding carboxylic acids is 1. The maximum Gasteiger partial charge on any atom is 0.237 e. The summed E-state index contributed by atoms with van der Waals surface area (Å²) in [4.78, 5) is 11.1. The third-order valence-electron chi connectivity index (χ3n) is 2.73. The van der Waals surface area contributed by atoms with Crippen LogP contribution in [0, 0.1) is 0 Å². The number of nitrogens with two attached hydrogens (primary N) is 1. The first-order valence-electron chi connectivity index (χ1n) is 5.63. The van der Waals surface area contributed by atoms with Crippen LogP contribution < -0.4 is 11.1 Å². The summed E-state index contributed by atoms with van der Waals surface area (Å²) < 4.78 is 5.44. The normalized spacial score (nSPS) is 14.9. The molecule has 1 unspecified atom stereocenters. The molecule has 0 bridgehead atoms. The minimum Gasteiger partial charge on any atom is -0.381 e. The van der Waals surface area contributed by atoms with Gasteiger partial charge in [-0.05, 0) is 26.8 Å². The van der Waals surface area contributed by atoms with Crippen LogP contribution in [-0.2, 0) is 9.53 Å². The zero-order valence-corrected chi connectivity index (χ0v) is 10.1. The number of carbonyl (C=O) groups is 1. The molecule has 0 saturated heterocycles. The lowest BCUT2D eigenvalue weighted by molar-refractivity contribution is -0.124. The van der Waals surface area contributed by atoms with Gasteiger partial charge in [0, 0.05) is 13.2 Å². The molecule has 0 heterocycles. The topological polar surface area (TPSA) is 64.3 Å². The molecule has 90 valence electrons. The van der Waals surface area contributed by atoms with E-state index in [1.807, 2.05) is 0 Å². The second-order valence-corrected chi connectivity index (χ2v) is 4.02. The maximum atomic E-state index is 11.1. The van der Waals surface area contributed by atoms with E-state index in [1.165, 1.54) is 12.8 Å². The van der Waals surface area contributed by atoms with Gasteiger partial charge in [-0.2, -0.15) is 0 Å². The molecule has 1 atom stereocenters. The summed E-state index contributed by atoms with van der Waals surface area (Å²) >= 11 is 0. The van der Waals surface area contributed by atoms with Crippen LogP contribution in [0.15, 0.2) is 0 Å². The van der Waals surface area contributed by atoms with Gasteiger partial charge in [-0.25, -0.2) is 0 Å². The molecule has 0 aromatic heterocycles. The van der Waals surface area contributed by atoms with Crippen molar-refractivity contribution in [2.24, 2.45) is 5.73 Å². The minimum absolute atomic E-state index is 0.331. The Balaban J connectivity index is 3.60. The van der Waals surface area contributed by atoms with Crippen LogP contribution in [0.4, 0.5) is 0 Å². The van der Waals surface area contributed by atoms with Gasteiger partial charge in [-0.3, -0.25) is 4.79 Å². The van der Waals surface area contributed by atoms with Crippen molar-refractivity contribution in [2.75, 3.05) is 20.3 Å².